The Labute approximate surface area is 158 Å². The quantitative estimate of drug-likeness (QED) is 0.740. The molecule has 0 fully saturated rings. The number of nitrogens with one attached hydrogen (secondary N) is 1. The van der Waals surface area contributed by atoms with E-state index in [9.17, 15) is 9.59 Å². The predicted octanol–water partition coefficient (Wildman–Crippen LogP) is 4.12. The Morgan fingerprint density at radius 2 is 1.88 bits per heavy atom. The van der Waals surface area contributed by atoms with Gasteiger partial charge < -0.3 is 10.1 Å². The van der Waals surface area contributed by atoms with Crippen LogP contribution in [-0.4, -0.2) is 23.5 Å². The third-order valence-electron chi connectivity index (χ3n) is 3.89. The number of anilines is 1. The van der Waals surface area contributed by atoms with Gasteiger partial charge in [0.05, 0.1) is 18.7 Å². The van der Waals surface area contributed by atoms with Crippen molar-refractivity contribution in [1.29, 1.82) is 0 Å². The van der Waals surface area contributed by atoms with Crippen molar-refractivity contribution < 1.29 is 14.3 Å². The first-order valence-corrected chi connectivity index (χ1v) is 9.65. The second-order valence-electron chi connectivity index (χ2n) is 7.12. The average molecular weight is 375 g/mol. The van der Waals surface area contributed by atoms with Crippen LogP contribution in [0.2, 0.25) is 0 Å². The van der Waals surface area contributed by atoms with Crippen LogP contribution in [0.3, 0.4) is 0 Å². The van der Waals surface area contributed by atoms with Crippen LogP contribution in [0.15, 0.2) is 29.6 Å². The Morgan fingerprint density at radius 3 is 2.50 bits per heavy atom. The van der Waals surface area contributed by atoms with Crippen molar-refractivity contribution >= 4 is 28.3 Å². The van der Waals surface area contributed by atoms with Gasteiger partial charge in [-0.1, -0.05) is 45.0 Å². The number of amides is 1. The van der Waals surface area contributed by atoms with E-state index in [0.29, 0.717) is 30.3 Å². The van der Waals surface area contributed by atoms with E-state index in [-0.39, 0.29) is 23.7 Å². The fourth-order valence-corrected chi connectivity index (χ4v) is 3.14. The molecule has 1 heterocycles. The van der Waals surface area contributed by atoms with Gasteiger partial charge >= 0.3 is 5.97 Å². The van der Waals surface area contributed by atoms with Crippen LogP contribution < -0.4 is 5.32 Å². The van der Waals surface area contributed by atoms with Crippen LogP contribution in [-0.2, 0) is 32.6 Å². The second kappa shape index (κ2) is 8.94. The van der Waals surface area contributed by atoms with Crippen LogP contribution in [0.1, 0.15) is 50.9 Å². The summed E-state index contributed by atoms with van der Waals surface area (Å²) in [6.45, 7) is 8.66. The number of aryl methyl sites for hydroxylation is 1. The van der Waals surface area contributed by atoms with Crippen LogP contribution >= 0.6 is 11.3 Å². The minimum absolute atomic E-state index is 0.0815. The molecule has 2 aromatic rings. The summed E-state index contributed by atoms with van der Waals surface area (Å²) in [6, 6.07) is 8.40. The van der Waals surface area contributed by atoms with Crippen LogP contribution in [0.25, 0.3) is 0 Å². The lowest BCUT2D eigenvalue weighted by atomic mass is 9.86. The number of carbonyl (C=O) groups excluding carboxylic acids is 2. The molecular weight excluding hydrogens is 348 g/mol. The van der Waals surface area contributed by atoms with Crippen molar-refractivity contribution in [2.75, 3.05) is 11.9 Å². The summed E-state index contributed by atoms with van der Waals surface area (Å²) in [6.07, 6.45) is 1.19. The Kier molecular flexibility index (Phi) is 6.91. The third-order valence-corrected chi connectivity index (χ3v) is 4.70. The van der Waals surface area contributed by atoms with Gasteiger partial charge in [0.1, 0.15) is 0 Å². The fraction of sp³-hybridized carbons (Fsp3) is 0.450. The van der Waals surface area contributed by atoms with Crippen molar-refractivity contribution in [3.05, 3.63) is 46.5 Å². The van der Waals surface area contributed by atoms with E-state index >= 15 is 0 Å². The Hall–Kier alpha value is -2.21. The maximum atomic E-state index is 12.1. The molecule has 140 valence electrons. The number of ether oxygens (including phenoxy) is 1. The highest BCUT2D eigenvalue weighted by atomic mass is 32.1. The molecule has 1 aromatic heterocycles. The van der Waals surface area contributed by atoms with Gasteiger partial charge in [-0.3, -0.25) is 9.59 Å². The molecule has 0 radical (unpaired) electrons. The van der Waals surface area contributed by atoms with Crippen molar-refractivity contribution in [1.82, 2.24) is 4.98 Å². The van der Waals surface area contributed by atoms with Gasteiger partial charge in [-0.15, -0.1) is 11.3 Å². The molecule has 26 heavy (non-hydrogen) atoms. The molecule has 6 heteroatoms. The van der Waals surface area contributed by atoms with Crippen LogP contribution in [0.5, 0.6) is 0 Å². The van der Waals surface area contributed by atoms with Gasteiger partial charge in [-0.2, -0.15) is 0 Å². The number of nitrogens with zero attached hydrogens (tertiary/aromatic N) is 1. The molecule has 0 atom stereocenters. The van der Waals surface area contributed by atoms with Gasteiger partial charge in [0.2, 0.25) is 5.91 Å². The number of esters is 1. The predicted molar refractivity (Wildman–Crippen MR) is 105 cm³/mol. The smallest absolute Gasteiger partial charge is 0.311 e. The molecule has 0 saturated carbocycles. The normalized spacial score (nSPS) is 11.2. The molecule has 1 aromatic carbocycles. The number of rotatable bonds is 7. The molecule has 0 spiro atoms. The summed E-state index contributed by atoms with van der Waals surface area (Å²) < 4.78 is 4.89. The van der Waals surface area contributed by atoms with Gasteiger partial charge in [0, 0.05) is 11.8 Å². The van der Waals surface area contributed by atoms with Crippen molar-refractivity contribution in [3.63, 3.8) is 0 Å². The lowest BCUT2D eigenvalue weighted by Crippen LogP contribution is -2.13. The summed E-state index contributed by atoms with van der Waals surface area (Å²) in [5.74, 6) is -0.392. The molecule has 0 unspecified atom stereocenters. The molecule has 0 aliphatic carbocycles. The zero-order valence-electron chi connectivity index (χ0n) is 15.8. The highest BCUT2D eigenvalue weighted by Gasteiger charge is 2.13. The lowest BCUT2D eigenvalue weighted by molar-refractivity contribution is -0.142. The van der Waals surface area contributed by atoms with E-state index in [2.05, 4.69) is 55.3 Å². The summed E-state index contributed by atoms with van der Waals surface area (Å²) in [5.41, 5.74) is 3.15. The molecule has 5 nitrogen and oxygen atoms in total. The van der Waals surface area contributed by atoms with E-state index in [1.54, 1.807) is 12.3 Å². The summed E-state index contributed by atoms with van der Waals surface area (Å²) in [7, 11) is 0. The van der Waals surface area contributed by atoms with Crippen LogP contribution in [0, 0.1) is 0 Å². The Balaban J connectivity index is 1.82. The molecular formula is C20H26N2O3S. The minimum Gasteiger partial charge on any atom is -0.466 e. The van der Waals surface area contributed by atoms with Gasteiger partial charge in [-0.05, 0) is 29.9 Å². The van der Waals surface area contributed by atoms with Crippen molar-refractivity contribution in [2.45, 2.75) is 52.4 Å². The van der Waals surface area contributed by atoms with E-state index in [1.807, 2.05) is 0 Å². The first-order valence-electron chi connectivity index (χ1n) is 8.77. The standard InChI is InChI=1S/C20H26N2O3S/c1-5-25-18(24)12-16-13-26-19(21-16)22-17(23)11-8-14-6-9-15(10-7-14)20(2,3)4/h6-7,9-10,13H,5,8,11-12H2,1-4H3,(H,21,22,23). The molecule has 2 rings (SSSR count). The average Bonchev–Trinajstić information content (AvgIpc) is 2.99. The van der Waals surface area contributed by atoms with Crippen LogP contribution in [0.4, 0.5) is 5.13 Å². The SMILES string of the molecule is CCOC(=O)Cc1csc(NC(=O)CCc2ccc(C(C)(C)C)cc2)n1. The monoisotopic (exact) mass is 374 g/mol. The van der Waals surface area contributed by atoms with Crippen molar-refractivity contribution in [3.8, 4) is 0 Å². The van der Waals surface area contributed by atoms with Gasteiger partial charge in [0.25, 0.3) is 0 Å². The Morgan fingerprint density at radius 1 is 1.19 bits per heavy atom. The van der Waals surface area contributed by atoms with Gasteiger partial charge in [-0.25, -0.2) is 4.98 Å². The van der Waals surface area contributed by atoms with Crippen molar-refractivity contribution in [2.24, 2.45) is 0 Å². The zero-order chi connectivity index (χ0) is 19.2. The Bertz CT molecular complexity index is 745. The second-order valence-corrected chi connectivity index (χ2v) is 7.98. The number of carbonyl (C=O) groups is 2. The highest BCUT2D eigenvalue weighted by molar-refractivity contribution is 7.13. The summed E-state index contributed by atoms with van der Waals surface area (Å²) in [4.78, 5) is 27.8. The van der Waals surface area contributed by atoms with Gasteiger partial charge in [0.15, 0.2) is 5.13 Å². The minimum atomic E-state index is -0.311. The van der Waals surface area contributed by atoms with E-state index < -0.39 is 0 Å². The van der Waals surface area contributed by atoms with E-state index in [1.165, 1.54) is 16.9 Å². The number of aromatic nitrogens is 1. The third kappa shape index (κ3) is 6.26. The molecule has 0 aliphatic heterocycles. The number of hydrogen-bond donors (Lipinski definition) is 1. The number of hydrogen-bond acceptors (Lipinski definition) is 5. The van der Waals surface area contributed by atoms with E-state index in [4.69, 9.17) is 4.74 Å². The molecule has 1 N–H and O–H groups in total. The molecule has 0 aliphatic rings. The summed E-state index contributed by atoms with van der Waals surface area (Å²) >= 11 is 1.31. The molecule has 1 amide bonds. The fourth-order valence-electron chi connectivity index (χ4n) is 2.42. The maximum Gasteiger partial charge on any atom is 0.311 e. The lowest BCUT2D eigenvalue weighted by Gasteiger charge is -2.19. The largest absolute Gasteiger partial charge is 0.466 e. The first kappa shape index (κ1) is 20.1. The first-order chi connectivity index (χ1) is 12.3. The topological polar surface area (TPSA) is 68.3 Å². The molecule has 0 bridgehead atoms. The summed E-state index contributed by atoms with van der Waals surface area (Å²) in [5, 5.41) is 5.06. The number of thiazole rings is 1. The van der Waals surface area contributed by atoms with E-state index in [0.717, 1.165) is 5.56 Å². The highest BCUT2D eigenvalue weighted by Crippen LogP contribution is 2.22. The molecule has 0 saturated heterocycles. The number of benzene rings is 1. The zero-order valence-corrected chi connectivity index (χ0v) is 16.6. The maximum absolute atomic E-state index is 12.1.